The number of nitrogens with two attached hydrogens (primary N) is 1. The van der Waals surface area contributed by atoms with Crippen molar-refractivity contribution in [1.82, 2.24) is 0 Å². The fraction of sp³-hybridized carbons (Fsp3) is 0. The van der Waals surface area contributed by atoms with Crippen molar-refractivity contribution >= 4 is 43.4 Å². The minimum absolute atomic E-state index is 0. The quantitative estimate of drug-likeness (QED) is 0.327. The number of phenolic OH excluding ortho intramolecular Hbond substituents is 1. The van der Waals surface area contributed by atoms with Crippen LogP contribution in [0.1, 0.15) is 2.85 Å². The first-order valence-corrected chi connectivity index (χ1v) is 2.33. The molecule has 46 valence electrons. The van der Waals surface area contributed by atoms with Gasteiger partial charge in [-0.25, -0.2) is 0 Å². The van der Waals surface area contributed by atoms with Gasteiger partial charge in [0.2, 0.25) is 0 Å². The van der Waals surface area contributed by atoms with Gasteiger partial charge in [-0.05, 0) is 24.3 Å². The van der Waals surface area contributed by atoms with E-state index in [4.69, 9.17) is 10.8 Å². The van der Waals surface area contributed by atoms with Crippen LogP contribution in [-0.2, 0) is 0 Å². The summed E-state index contributed by atoms with van der Waals surface area (Å²) in [6.45, 7) is 0. The summed E-state index contributed by atoms with van der Waals surface area (Å²) in [5.74, 6) is 0.249. The Morgan fingerprint density at radius 2 is 1.67 bits per heavy atom. The van der Waals surface area contributed by atoms with Crippen molar-refractivity contribution in [2.75, 3.05) is 5.73 Å². The van der Waals surface area contributed by atoms with E-state index < -0.39 is 0 Å². The molecule has 0 aliphatic rings. The predicted octanol–water partition coefficient (Wildman–Crippen LogP) is 0.819. The van der Waals surface area contributed by atoms with Crippen LogP contribution in [0.4, 0.5) is 5.69 Å². The predicted molar refractivity (Wildman–Crippen MR) is 40.5 cm³/mol. The van der Waals surface area contributed by atoms with Crippen molar-refractivity contribution in [3.8, 4) is 5.75 Å². The third-order valence-electron chi connectivity index (χ3n) is 0.893. The molecule has 0 aromatic heterocycles. The number of rotatable bonds is 0. The second kappa shape index (κ2) is 3.99. The molecule has 0 saturated carbocycles. The molecule has 0 heterocycles. The SMILES string of the molecule is Nc1ccc(O)cc1.[Ca+2].[H-].[H-]. The Morgan fingerprint density at radius 1 is 1.22 bits per heavy atom. The number of anilines is 1. The molecule has 0 saturated heterocycles. The standard InChI is InChI=1S/C6H7NO.Ca.2H/c7-5-1-3-6(8)4-2-5;;;/h1-4,8H,7H2;;;/q;+2;2*-1. The van der Waals surface area contributed by atoms with Crippen molar-refractivity contribution in [3.05, 3.63) is 24.3 Å². The normalized spacial score (nSPS) is 8.00. The molecule has 1 aromatic rings. The molecule has 1 aromatic carbocycles. The van der Waals surface area contributed by atoms with Crippen molar-refractivity contribution in [3.63, 3.8) is 0 Å². The summed E-state index contributed by atoms with van der Waals surface area (Å²) in [6, 6.07) is 6.40. The van der Waals surface area contributed by atoms with E-state index in [0.29, 0.717) is 5.69 Å². The number of benzene rings is 1. The van der Waals surface area contributed by atoms with Crippen LogP contribution in [0.2, 0.25) is 0 Å². The van der Waals surface area contributed by atoms with Crippen molar-refractivity contribution in [1.29, 1.82) is 0 Å². The van der Waals surface area contributed by atoms with Gasteiger partial charge in [0.25, 0.3) is 0 Å². The van der Waals surface area contributed by atoms with Gasteiger partial charge in [0, 0.05) is 5.69 Å². The van der Waals surface area contributed by atoms with Gasteiger partial charge >= 0.3 is 37.7 Å². The molecular weight excluding hydrogens is 142 g/mol. The Kier molecular flexibility index (Phi) is 4.02. The molecule has 0 fully saturated rings. The Morgan fingerprint density at radius 3 is 2.00 bits per heavy atom. The topological polar surface area (TPSA) is 46.2 Å². The molecule has 0 aliphatic carbocycles. The smallest absolute Gasteiger partial charge is 1.00 e. The molecule has 0 spiro atoms. The third kappa shape index (κ3) is 2.94. The first-order valence-electron chi connectivity index (χ1n) is 2.33. The molecule has 9 heavy (non-hydrogen) atoms. The summed E-state index contributed by atoms with van der Waals surface area (Å²) in [7, 11) is 0. The zero-order valence-corrected chi connectivity index (χ0v) is 7.25. The third-order valence-corrected chi connectivity index (χ3v) is 0.893. The number of aromatic hydroxyl groups is 1. The summed E-state index contributed by atoms with van der Waals surface area (Å²) in [5, 5.41) is 8.70. The van der Waals surface area contributed by atoms with E-state index in [1.165, 1.54) is 0 Å². The minimum atomic E-state index is 0. The van der Waals surface area contributed by atoms with E-state index in [0.717, 1.165) is 0 Å². The van der Waals surface area contributed by atoms with Gasteiger partial charge < -0.3 is 13.7 Å². The first-order chi connectivity index (χ1) is 3.79. The fourth-order valence-electron chi connectivity index (χ4n) is 0.474. The van der Waals surface area contributed by atoms with Crippen LogP contribution in [0.5, 0.6) is 5.75 Å². The maximum absolute atomic E-state index is 8.70. The largest absolute Gasteiger partial charge is 2.00 e. The fourth-order valence-corrected chi connectivity index (χ4v) is 0.474. The van der Waals surface area contributed by atoms with Crippen LogP contribution < -0.4 is 5.73 Å². The van der Waals surface area contributed by atoms with Gasteiger partial charge in [0.15, 0.2) is 0 Å². The van der Waals surface area contributed by atoms with Crippen LogP contribution in [0.15, 0.2) is 24.3 Å². The van der Waals surface area contributed by atoms with Gasteiger partial charge in [-0.2, -0.15) is 0 Å². The maximum atomic E-state index is 8.70. The summed E-state index contributed by atoms with van der Waals surface area (Å²) in [5.41, 5.74) is 5.98. The van der Waals surface area contributed by atoms with E-state index in [-0.39, 0.29) is 46.3 Å². The monoisotopic (exact) mass is 151 g/mol. The van der Waals surface area contributed by atoms with Gasteiger partial charge in [0.1, 0.15) is 5.75 Å². The van der Waals surface area contributed by atoms with Crippen LogP contribution in [0.3, 0.4) is 0 Å². The van der Waals surface area contributed by atoms with Crippen molar-refractivity contribution in [2.24, 2.45) is 0 Å². The summed E-state index contributed by atoms with van der Waals surface area (Å²) < 4.78 is 0. The zero-order chi connectivity index (χ0) is 5.98. The zero-order valence-electron chi connectivity index (χ0n) is 7.04. The number of hydrogen-bond donors (Lipinski definition) is 2. The van der Waals surface area contributed by atoms with Crippen molar-refractivity contribution in [2.45, 2.75) is 0 Å². The molecule has 0 bridgehead atoms. The molecule has 3 N–H and O–H groups in total. The first kappa shape index (κ1) is 9.08. The molecule has 0 atom stereocenters. The Hall–Kier alpha value is 0.0797. The van der Waals surface area contributed by atoms with E-state index in [1.807, 2.05) is 0 Å². The van der Waals surface area contributed by atoms with E-state index in [1.54, 1.807) is 24.3 Å². The number of phenols is 1. The summed E-state index contributed by atoms with van der Waals surface area (Å²) >= 11 is 0. The number of nitrogen functional groups attached to an aromatic ring is 1. The van der Waals surface area contributed by atoms with Crippen LogP contribution in [-0.4, -0.2) is 42.8 Å². The molecular formula is C6H9CaNO. The van der Waals surface area contributed by atoms with E-state index >= 15 is 0 Å². The van der Waals surface area contributed by atoms with E-state index in [2.05, 4.69) is 0 Å². The average molecular weight is 151 g/mol. The molecule has 0 unspecified atom stereocenters. The maximum Gasteiger partial charge on any atom is 2.00 e. The van der Waals surface area contributed by atoms with Crippen LogP contribution >= 0.6 is 0 Å². The van der Waals surface area contributed by atoms with Crippen LogP contribution in [0, 0.1) is 0 Å². The molecule has 2 nitrogen and oxygen atoms in total. The molecule has 0 aliphatic heterocycles. The molecule has 0 radical (unpaired) electrons. The second-order valence-electron chi connectivity index (χ2n) is 1.59. The van der Waals surface area contributed by atoms with Crippen LogP contribution in [0.25, 0.3) is 0 Å². The molecule has 0 amide bonds. The van der Waals surface area contributed by atoms with Gasteiger partial charge in [-0.3, -0.25) is 0 Å². The second-order valence-corrected chi connectivity index (χ2v) is 1.59. The molecule has 1 rings (SSSR count). The number of hydrogen-bond acceptors (Lipinski definition) is 2. The van der Waals surface area contributed by atoms with E-state index in [9.17, 15) is 0 Å². The Labute approximate surface area is 86.7 Å². The average Bonchev–Trinajstić information content (AvgIpc) is 1.77. The summed E-state index contributed by atoms with van der Waals surface area (Å²) in [4.78, 5) is 0. The summed E-state index contributed by atoms with van der Waals surface area (Å²) in [6.07, 6.45) is 0. The van der Waals surface area contributed by atoms with Gasteiger partial charge in [-0.1, -0.05) is 0 Å². The van der Waals surface area contributed by atoms with Crippen molar-refractivity contribution < 1.29 is 7.96 Å². The Balaban J connectivity index is -0.000000213. The molecule has 3 heteroatoms. The van der Waals surface area contributed by atoms with Gasteiger partial charge in [0.05, 0.1) is 0 Å². The van der Waals surface area contributed by atoms with Gasteiger partial charge in [-0.15, -0.1) is 0 Å². The minimum Gasteiger partial charge on any atom is -1.00 e. The Bertz CT molecular complexity index is 159.